The van der Waals surface area contributed by atoms with Crippen LogP contribution in [-0.2, 0) is 11.8 Å². The number of halogens is 1. The minimum atomic E-state index is -0.362. The predicted molar refractivity (Wildman–Crippen MR) is 99.3 cm³/mol. The van der Waals surface area contributed by atoms with Crippen molar-refractivity contribution in [3.63, 3.8) is 0 Å². The maximum absolute atomic E-state index is 12.2. The first-order chi connectivity index (χ1) is 12.6. The minimum absolute atomic E-state index is 0.140. The third-order valence-corrected chi connectivity index (χ3v) is 5.22. The molecule has 0 N–H and O–H groups in total. The molecule has 0 saturated heterocycles. The molecule has 0 saturated carbocycles. The van der Waals surface area contributed by atoms with Gasteiger partial charge in [-0.1, -0.05) is 22.9 Å². The monoisotopic (exact) mass is 390 g/mol. The summed E-state index contributed by atoms with van der Waals surface area (Å²) in [6, 6.07) is 10.7. The zero-order valence-electron chi connectivity index (χ0n) is 13.9. The first kappa shape index (κ1) is 16.9. The molecule has 2 heterocycles. The molecule has 1 aliphatic rings. The van der Waals surface area contributed by atoms with Gasteiger partial charge in [-0.3, -0.25) is 4.79 Å². The number of ether oxygens (including phenoxy) is 3. The standard InChI is InChI=1S/C18H15ClN2O4S/c1-21-13-8-14-15(24-7-6-23-14)9-16(13)26-18(21)20-17(22)10-25-12-4-2-11(19)3-5-12/h2-5,8-9H,6-7,10H2,1H3. The summed E-state index contributed by atoms with van der Waals surface area (Å²) in [5.74, 6) is 1.63. The fraction of sp³-hybridized carbons (Fsp3) is 0.222. The molecule has 0 unspecified atom stereocenters. The molecule has 1 aliphatic heterocycles. The van der Waals surface area contributed by atoms with Gasteiger partial charge in [0.05, 0.1) is 10.2 Å². The summed E-state index contributed by atoms with van der Waals surface area (Å²) >= 11 is 7.24. The van der Waals surface area contributed by atoms with E-state index in [-0.39, 0.29) is 12.5 Å². The minimum Gasteiger partial charge on any atom is -0.486 e. The highest BCUT2D eigenvalue weighted by Crippen LogP contribution is 2.35. The van der Waals surface area contributed by atoms with E-state index < -0.39 is 0 Å². The Labute approximate surface area is 158 Å². The van der Waals surface area contributed by atoms with E-state index in [0.717, 1.165) is 16.0 Å². The van der Waals surface area contributed by atoms with Gasteiger partial charge in [-0.15, -0.1) is 0 Å². The maximum Gasteiger partial charge on any atom is 0.286 e. The Morgan fingerprint density at radius 3 is 2.65 bits per heavy atom. The van der Waals surface area contributed by atoms with Crippen LogP contribution in [0.15, 0.2) is 41.4 Å². The number of carbonyl (C=O) groups is 1. The van der Waals surface area contributed by atoms with Crippen molar-refractivity contribution in [2.24, 2.45) is 12.0 Å². The molecule has 8 heteroatoms. The molecule has 0 radical (unpaired) electrons. The van der Waals surface area contributed by atoms with Crippen LogP contribution >= 0.6 is 22.9 Å². The van der Waals surface area contributed by atoms with Gasteiger partial charge in [-0.2, -0.15) is 4.99 Å². The lowest BCUT2D eigenvalue weighted by atomic mass is 10.3. The normalized spacial score (nSPS) is 13.8. The van der Waals surface area contributed by atoms with Crippen molar-refractivity contribution in [2.75, 3.05) is 19.8 Å². The summed E-state index contributed by atoms with van der Waals surface area (Å²) in [4.78, 5) is 16.9. The van der Waals surface area contributed by atoms with Gasteiger partial charge in [-0.05, 0) is 24.3 Å². The summed E-state index contributed by atoms with van der Waals surface area (Å²) < 4.78 is 19.5. The lowest BCUT2D eigenvalue weighted by Crippen LogP contribution is -2.17. The van der Waals surface area contributed by atoms with Gasteiger partial charge in [-0.25, -0.2) is 0 Å². The number of fused-ring (bicyclic) bond motifs is 2. The molecule has 0 fully saturated rings. The first-order valence-electron chi connectivity index (χ1n) is 7.95. The van der Waals surface area contributed by atoms with Crippen LogP contribution < -0.4 is 19.0 Å². The van der Waals surface area contributed by atoms with Gasteiger partial charge in [0.1, 0.15) is 19.0 Å². The molecule has 0 aliphatic carbocycles. The number of nitrogens with zero attached hydrogens (tertiary/aromatic N) is 2. The maximum atomic E-state index is 12.2. The summed E-state index contributed by atoms with van der Waals surface area (Å²) in [5, 5.41) is 0.612. The van der Waals surface area contributed by atoms with E-state index in [1.165, 1.54) is 11.3 Å². The van der Waals surface area contributed by atoms with Crippen molar-refractivity contribution >= 4 is 39.1 Å². The van der Waals surface area contributed by atoms with Crippen LogP contribution in [-0.4, -0.2) is 30.3 Å². The average molecular weight is 391 g/mol. The van der Waals surface area contributed by atoms with Crippen molar-refractivity contribution in [3.8, 4) is 17.2 Å². The number of thiazole rings is 1. The summed E-state index contributed by atoms with van der Waals surface area (Å²) in [7, 11) is 1.86. The number of benzene rings is 2. The molecule has 1 aromatic heterocycles. The second kappa shape index (κ2) is 7.01. The lowest BCUT2D eigenvalue weighted by Gasteiger charge is -2.18. The van der Waals surface area contributed by atoms with E-state index in [9.17, 15) is 4.79 Å². The number of carbonyl (C=O) groups excluding carboxylic acids is 1. The summed E-state index contributed by atoms with van der Waals surface area (Å²) in [5.41, 5.74) is 0.935. The van der Waals surface area contributed by atoms with E-state index in [4.69, 9.17) is 25.8 Å². The molecule has 0 spiro atoms. The van der Waals surface area contributed by atoms with Gasteiger partial charge in [0.15, 0.2) is 22.9 Å². The van der Waals surface area contributed by atoms with Crippen molar-refractivity contribution in [3.05, 3.63) is 46.2 Å². The Hall–Kier alpha value is -2.51. The first-order valence-corrected chi connectivity index (χ1v) is 9.15. The largest absolute Gasteiger partial charge is 0.486 e. The van der Waals surface area contributed by atoms with Gasteiger partial charge in [0.25, 0.3) is 5.91 Å². The van der Waals surface area contributed by atoms with Crippen molar-refractivity contribution < 1.29 is 19.0 Å². The number of amides is 1. The van der Waals surface area contributed by atoms with Crippen LogP contribution in [0.5, 0.6) is 17.2 Å². The second-order valence-electron chi connectivity index (χ2n) is 5.66. The number of hydrogen-bond acceptors (Lipinski definition) is 5. The van der Waals surface area contributed by atoms with Gasteiger partial charge < -0.3 is 18.8 Å². The summed E-state index contributed by atoms with van der Waals surface area (Å²) in [6.45, 7) is 0.927. The Bertz CT molecular complexity index is 1040. The van der Waals surface area contributed by atoms with Crippen LogP contribution in [0.2, 0.25) is 5.02 Å². The Morgan fingerprint density at radius 1 is 1.23 bits per heavy atom. The fourth-order valence-corrected chi connectivity index (χ4v) is 3.76. The van der Waals surface area contributed by atoms with Crippen molar-refractivity contribution in [1.82, 2.24) is 4.57 Å². The molecule has 2 aromatic carbocycles. The molecule has 0 bridgehead atoms. The van der Waals surface area contributed by atoms with Crippen LogP contribution in [0.3, 0.4) is 0 Å². The highest BCUT2D eigenvalue weighted by atomic mass is 35.5. The SMILES string of the molecule is Cn1c(=NC(=O)COc2ccc(Cl)cc2)sc2cc3c(cc21)OCCO3. The van der Waals surface area contributed by atoms with E-state index in [1.54, 1.807) is 24.3 Å². The third-order valence-electron chi connectivity index (χ3n) is 3.87. The molecule has 1 amide bonds. The van der Waals surface area contributed by atoms with Crippen molar-refractivity contribution in [1.29, 1.82) is 0 Å². The highest BCUT2D eigenvalue weighted by Gasteiger charge is 2.15. The van der Waals surface area contributed by atoms with E-state index in [0.29, 0.717) is 34.5 Å². The molecule has 26 heavy (non-hydrogen) atoms. The zero-order chi connectivity index (χ0) is 18.1. The van der Waals surface area contributed by atoms with E-state index in [2.05, 4.69) is 4.99 Å². The van der Waals surface area contributed by atoms with Crippen LogP contribution in [0, 0.1) is 0 Å². The molecular formula is C18H15ClN2O4S. The molecule has 3 aromatic rings. The molecule has 134 valence electrons. The van der Waals surface area contributed by atoms with Gasteiger partial charge >= 0.3 is 0 Å². The number of aromatic nitrogens is 1. The van der Waals surface area contributed by atoms with Crippen LogP contribution in [0.1, 0.15) is 0 Å². The number of hydrogen-bond donors (Lipinski definition) is 0. The molecule has 0 atom stereocenters. The third kappa shape index (κ3) is 3.40. The Kier molecular flexibility index (Phi) is 4.57. The lowest BCUT2D eigenvalue weighted by molar-refractivity contribution is -0.120. The van der Waals surface area contributed by atoms with Crippen LogP contribution in [0.4, 0.5) is 0 Å². The highest BCUT2D eigenvalue weighted by molar-refractivity contribution is 7.16. The number of rotatable bonds is 3. The Morgan fingerprint density at radius 2 is 1.92 bits per heavy atom. The quantitative estimate of drug-likeness (QED) is 0.689. The predicted octanol–water partition coefficient (Wildman–Crippen LogP) is 3.17. The van der Waals surface area contributed by atoms with Crippen molar-refractivity contribution in [2.45, 2.75) is 0 Å². The smallest absolute Gasteiger partial charge is 0.286 e. The number of aryl methyl sites for hydroxylation is 1. The topological polar surface area (TPSA) is 62.1 Å². The van der Waals surface area contributed by atoms with E-state index >= 15 is 0 Å². The van der Waals surface area contributed by atoms with E-state index in [1.807, 2.05) is 23.7 Å². The fourth-order valence-electron chi connectivity index (χ4n) is 2.59. The zero-order valence-corrected chi connectivity index (χ0v) is 15.5. The van der Waals surface area contributed by atoms with Gasteiger partial charge in [0.2, 0.25) is 0 Å². The molecular weight excluding hydrogens is 376 g/mol. The molecule has 6 nitrogen and oxygen atoms in total. The summed E-state index contributed by atoms with van der Waals surface area (Å²) in [6.07, 6.45) is 0. The van der Waals surface area contributed by atoms with Gasteiger partial charge in [0, 0.05) is 24.2 Å². The van der Waals surface area contributed by atoms with Crippen LogP contribution in [0.25, 0.3) is 10.2 Å². The second-order valence-corrected chi connectivity index (χ2v) is 7.10. The Balaban J connectivity index is 1.57. The molecule has 4 rings (SSSR count). The average Bonchev–Trinajstić information content (AvgIpc) is 2.94.